The Hall–Kier alpha value is -2.65. The van der Waals surface area contributed by atoms with Crippen LogP contribution in [0.4, 0.5) is 15.8 Å². The zero-order valence-electron chi connectivity index (χ0n) is 18.1. The van der Waals surface area contributed by atoms with E-state index in [1.807, 2.05) is 6.07 Å². The summed E-state index contributed by atoms with van der Waals surface area (Å²) in [7, 11) is -2.12. The topological polar surface area (TPSA) is 79.0 Å². The number of para-hydroxylation sites is 1. The predicted octanol–water partition coefficient (Wildman–Crippen LogP) is 3.47. The third-order valence-electron chi connectivity index (χ3n) is 6.21. The van der Waals surface area contributed by atoms with E-state index in [0.29, 0.717) is 24.3 Å². The lowest BCUT2D eigenvalue weighted by molar-refractivity contribution is -0.120. The first-order valence-electron chi connectivity index (χ1n) is 10.9. The highest BCUT2D eigenvalue weighted by Gasteiger charge is 2.33. The maximum Gasteiger partial charge on any atom is 0.243 e. The van der Waals surface area contributed by atoms with Crippen LogP contribution in [0, 0.1) is 11.7 Å². The molecule has 172 valence electrons. The minimum Gasteiger partial charge on any atom is -0.497 e. The van der Waals surface area contributed by atoms with Crippen LogP contribution >= 0.6 is 0 Å². The van der Waals surface area contributed by atoms with E-state index in [1.54, 1.807) is 18.2 Å². The number of nitrogens with zero attached hydrogens (tertiary/aromatic N) is 2. The number of anilines is 2. The first-order chi connectivity index (χ1) is 15.4. The minimum atomic E-state index is -3.64. The molecule has 1 N–H and O–H groups in total. The fourth-order valence-electron chi connectivity index (χ4n) is 4.34. The number of carbonyl (C=O) groups is 1. The van der Waals surface area contributed by atoms with Crippen LogP contribution in [0.5, 0.6) is 5.75 Å². The molecule has 9 heteroatoms. The number of rotatable bonds is 6. The summed E-state index contributed by atoms with van der Waals surface area (Å²) < 4.78 is 46.9. The number of hydrogen-bond acceptors (Lipinski definition) is 5. The molecule has 2 aliphatic rings. The molecule has 2 fully saturated rings. The van der Waals surface area contributed by atoms with Gasteiger partial charge in [0.1, 0.15) is 17.3 Å². The van der Waals surface area contributed by atoms with Gasteiger partial charge < -0.3 is 15.0 Å². The second-order valence-electron chi connectivity index (χ2n) is 8.17. The van der Waals surface area contributed by atoms with Crippen LogP contribution in [0.15, 0.2) is 47.4 Å². The summed E-state index contributed by atoms with van der Waals surface area (Å²) in [5, 5.41) is 2.79. The summed E-state index contributed by atoms with van der Waals surface area (Å²) in [6.45, 7) is 2.16. The number of carbonyl (C=O) groups excluding carboxylic acids is 1. The SMILES string of the molecule is COc1ccc(S(=O)(=O)N2CCC(C(=O)Nc3c(F)cccc3N3CCCC3)CC2)cc1. The monoisotopic (exact) mass is 461 g/mol. The molecule has 7 nitrogen and oxygen atoms in total. The van der Waals surface area contributed by atoms with Gasteiger partial charge in [-0.25, -0.2) is 12.8 Å². The molecule has 1 amide bonds. The van der Waals surface area contributed by atoms with Crippen LogP contribution in [0.1, 0.15) is 25.7 Å². The third-order valence-corrected chi connectivity index (χ3v) is 8.12. The Bertz CT molecular complexity index is 1060. The van der Waals surface area contributed by atoms with Crippen LogP contribution < -0.4 is 15.0 Å². The smallest absolute Gasteiger partial charge is 0.243 e. The Morgan fingerprint density at radius 1 is 1.03 bits per heavy atom. The third kappa shape index (κ3) is 4.59. The Morgan fingerprint density at radius 3 is 2.31 bits per heavy atom. The normalized spacial score (nSPS) is 18.0. The molecule has 0 atom stereocenters. The molecule has 4 rings (SSSR count). The number of methoxy groups -OCH3 is 1. The summed E-state index contributed by atoms with van der Waals surface area (Å²) in [5.41, 5.74) is 0.919. The quantitative estimate of drug-likeness (QED) is 0.713. The van der Waals surface area contributed by atoms with E-state index in [1.165, 1.54) is 29.6 Å². The maximum absolute atomic E-state index is 14.6. The van der Waals surface area contributed by atoms with Gasteiger partial charge in [-0.2, -0.15) is 4.31 Å². The van der Waals surface area contributed by atoms with Gasteiger partial charge in [-0.05, 0) is 62.1 Å². The van der Waals surface area contributed by atoms with Gasteiger partial charge in [0.2, 0.25) is 15.9 Å². The standard InChI is InChI=1S/C23H28FN3O4S/c1-31-18-7-9-19(10-8-18)32(29,30)27-15-11-17(12-16-27)23(28)25-22-20(24)5-4-6-21(22)26-13-2-3-14-26/h4-10,17H,2-3,11-16H2,1H3,(H,25,28). The molecule has 2 aliphatic heterocycles. The summed E-state index contributed by atoms with van der Waals surface area (Å²) >= 11 is 0. The number of nitrogens with one attached hydrogen (secondary N) is 1. The molecule has 2 saturated heterocycles. The number of halogens is 1. The van der Waals surface area contributed by atoms with E-state index < -0.39 is 15.8 Å². The van der Waals surface area contributed by atoms with Crippen LogP contribution in [-0.2, 0) is 14.8 Å². The molecule has 2 aromatic rings. The van der Waals surface area contributed by atoms with Gasteiger partial charge in [-0.1, -0.05) is 6.07 Å². The summed E-state index contributed by atoms with van der Waals surface area (Å²) in [6.07, 6.45) is 2.86. The number of benzene rings is 2. The van der Waals surface area contributed by atoms with Crippen molar-refractivity contribution < 1.29 is 22.3 Å². The van der Waals surface area contributed by atoms with Gasteiger partial charge in [0, 0.05) is 32.1 Å². The summed E-state index contributed by atoms with van der Waals surface area (Å²) in [4.78, 5) is 15.2. The fraction of sp³-hybridized carbons (Fsp3) is 0.435. The zero-order chi connectivity index (χ0) is 22.7. The van der Waals surface area contributed by atoms with E-state index in [0.717, 1.165) is 25.9 Å². The molecule has 0 saturated carbocycles. The van der Waals surface area contributed by atoms with E-state index in [9.17, 15) is 17.6 Å². The highest BCUT2D eigenvalue weighted by Crippen LogP contribution is 2.33. The average molecular weight is 462 g/mol. The van der Waals surface area contributed by atoms with Crippen molar-refractivity contribution in [2.24, 2.45) is 5.92 Å². The van der Waals surface area contributed by atoms with Crippen molar-refractivity contribution in [2.75, 3.05) is 43.5 Å². The number of ether oxygens (including phenoxy) is 1. The molecule has 0 unspecified atom stereocenters. The van der Waals surface area contributed by atoms with Gasteiger partial charge in [0.25, 0.3) is 0 Å². The van der Waals surface area contributed by atoms with Gasteiger partial charge >= 0.3 is 0 Å². The molecule has 2 heterocycles. The molecule has 32 heavy (non-hydrogen) atoms. The van der Waals surface area contributed by atoms with Crippen molar-refractivity contribution in [1.29, 1.82) is 0 Å². The van der Waals surface area contributed by atoms with Crippen molar-refractivity contribution in [3.05, 3.63) is 48.3 Å². The van der Waals surface area contributed by atoms with Gasteiger partial charge in [0.15, 0.2) is 0 Å². The molecule has 2 aromatic carbocycles. The molecule has 0 spiro atoms. The van der Waals surface area contributed by atoms with Gasteiger partial charge in [-0.3, -0.25) is 4.79 Å². The molecular formula is C23H28FN3O4S. The Labute approximate surface area is 188 Å². The van der Waals surface area contributed by atoms with Crippen LogP contribution in [0.2, 0.25) is 0 Å². The minimum absolute atomic E-state index is 0.197. The molecule has 0 aromatic heterocycles. The average Bonchev–Trinajstić information content (AvgIpc) is 3.35. The zero-order valence-corrected chi connectivity index (χ0v) is 18.9. The highest BCUT2D eigenvalue weighted by molar-refractivity contribution is 7.89. The Morgan fingerprint density at radius 2 is 1.69 bits per heavy atom. The molecule has 0 aliphatic carbocycles. The molecular weight excluding hydrogens is 433 g/mol. The second kappa shape index (κ2) is 9.46. The first kappa shape index (κ1) is 22.5. The highest BCUT2D eigenvalue weighted by atomic mass is 32.2. The predicted molar refractivity (Wildman–Crippen MR) is 121 cm³/mol. The number of piperidine rings is 1. The number of amides is 1. The van der Waals surface area contributed by atoms with E-state index in [4.69, 9.17) is 4.74 Å². The Kier molecular flexibility index (Phi) is 6.66. The molecule has 0 bridgehead atoms. The summed E-state index contributed by atoms with van der Waals surface area (Å²) in [6, 6.07) is 11.1. The lowest BCUT2D eigenvalue weighted by Gasteiger charge is -2.31. The van der Waals surface area contributed by atoms with Crippen molar-refractivity contribution >= 4 is 27.3 Å². The van der Waals surface area contributed by atoms with Gasteiger partial charge in [-0.15, -0.1) is 0 Å². The second-order valence-corrected chi connectivity index (χ2v) is 10.1. The van der Waals surface area contributed by atoms with Gasteiger partial charge in [0.05, 0.1) is 17.7 Å². The fourth-order valence-corrected chi connectivity index (χ4v) is 5.81. The van der Waals surface area contributed by atoms with Crippen molar-refractivity contribution in [3.63, 3.8) is 0 Å². The largest absolute Gasteiger partial charge is 0.497 e. The first-order valence-corrected chi connectivity index (χ1v) is 12.3. The number of hydrogen-bond donors (Lipinski definition) is 1. The maximum atomic E-state index is 14.6. The summed E-state index contributed by atoms with van der Waals surface area (Å²) in [5.74, 6) is -0.511. The Balaban J connectivity index is 1.41. The lowest BCUT2D eigenvalue weighted by atomic mass is 9.97. The van der Waals surface area contributed by atoms with Crippen molar-refractivity contribution in [2.45, 2.75) is 30.6 Å². The lowest BCUT2D eigenvalue weighted by Crippen LogP contribution is -2.41. The molecule has 0 radical (unpaired) electrons. The van der Waals surface area contributed by atoms with E-state index in [-0.39, 0.29) is 35.5 Å². The number of sulfonamides is 1. The van der Waals surface area contributed by atoms with Crippen LogP contribution in [0.3, 0.4) is 0 Å². The van der Waals surface area contributed by atoms with E-state index in [2.05, 4.69) is 10.2 Å². The van der Waals surface area contributed by atoms with Crippen molar-refractivity contribution in [3.8, 4) is 5.75 Å². The van der Waals surface area contributed by atoms with Crippen LogP contribution in [0.25, 0.3) is 0 Å². The van der Waals surface area contributed by atoms with Crippen LogP contribution in [-0.4, -0.2) is 51.9 Å². The van der Waals surface area contributed by atoms with E-state index >= 15 is 0 Å². The van der Waals surface area contributed by atoms with Crippen molar-refractivity contribution in [1.82, 2.24) is 4.31 Å².